The first-order valence-electron chi connectivity index (χ1n) is 14.5. The molecule has 37 heavy (non-hydrogen) atoms. The fourth-order valence-electron chi connectivity index (χ4n) is 10.2. The molecule has 0 heterocycles. The molecule has 0 aromatic rings. The summed E-state index contributed by atoms with van der Waals surface area (Å²) >= 11 is 0. The quantitative estimate of drug-likeness (QED) is 0.449. The monoisotopic (exact) mass is 513 g/mol. The lowest BCUT2D eigenvalue weighted by molar-refractivity contribution is -0.185. The second-order valence-corrected chi connectivity index (χ2v) is 15.5. The molecule has 2 N–H and O–H groups in total. The fourth-order valence-corrected chi connectivity index (χ4v) is 10.2. The summed E-state index contributed by atoms with van der Waals surface area (Å²) in [6.07, 6.45) is 7.50. The van der Waals surface area contributed by atoms with E-state index in [-0.39, 0.29) is 56.9 Å². The van der Waals surface area contributed by atoms with Crippen LogP contribution in [0.5, 0.6) is 0 Å². The van der Waals surface area contributed by atoms with Crippen LogP contribution < -0.4 is 5.73 Å². The molecule has 5 heteroatoms. The summed E-state index contributed by atoms with van der Waals surface area (Å²) in [6.45, 7) is 19.8. The number of carbonyl (C=O) groups excluding carboxylic acids is 3. The maximum absolute atomic E-state index is 14.4. The van der Waals surface area contributed by atoms with Gasteiger partial charge in [0.1, 0.15) is 0 Å². The highest BCUT2D eigenvalue weighted by molar-refractivity contribution is 5.97. The van der Waals surface area contributed by atoms with Gasteiger partial charge in [0.2, 0.25) is 0 Å². The predicted octanol–water partition coefficient (Wildman–Crippen LogP) is 6.28. The summed E-state index contributed by atoms with van der Waals surface area (Å²) in [5.41, 5.74) is 5.74. The van der Waals surface area contributed by atoms with Crippen molar-refractivity contribution in [2.75, 3.05) is 7.11 Å². The highest BCUT2D eigenvalue weighted by Crippen LogP contribution is 2.74. The molecule has 3 unspecified atom stereocenters. The van der Waals surface area contributed by atoms with Crippen LogP contribution in [-0.4, -0.2) is 30.7 Å². The number of hydrogen-bond acceptors (Lipinski definition) is 5. The van der Waals surface area contributed by atoms with Gasteiger partial charge < -0.3 is 10.5 Å². The van der Waals surface area contributed by atoms with Crippen LogP contribution in [0, 0.1) is 50.2 Å². The third-order valence-electron chi connectivity index (χ3n) is 12.2. The summed E-state index contributed by atoms with van der Waals surface area (Å²) in [6, 6.07) is -0.507. The van der Waals surface area contributed by atoms with E-state index < -0.39 is 16.9 Å². The van der Waals surface area contributed by atoms with Gasteiger partial charge in [0.15, 0.2) is 11.6 Å². The van der Waals surface area contributed by atoms with Crippen LogP contribution in [0.4, 0.5) is 0 Å². The van der Waals surface area contributed by atoms with Crippen LogP contribution >= 0.6 is 0 Å². The zero-order chi connectivity index (χ0) is 28.0. The highest BCUT2D eigenvalue weighted by Gasteiger charge is 2.70. The van der Waals surface area contributed by atoms with Crippen molar-refractivity contribution in [2.45, 2.75) is 113 Å². The first-order valence-corrected chi connectivity index (χ1v) is 14.5. The summed E-state index contributed by atoms with van der Waals surface area (Å²) < 4.78 is 5.43. The molecule has 0 bridgehead atoms. The van der Waals surface area contributed by atoms with Gasteiger partial charge in [0, 0.05) is 11.3 Å². The highest BCUT2D eigenvalue weighted by atomic mass is 16.5. The van der Waals surface area contributed by atoms with Crippen molar-refractivity contribution in [3.05, 3.63) is 11.6 Å². The molecule has 8 atom stereocenters. The lowest BCUT2D eigenvalue weighted by Gasteiger charge is -2.69. The van der Waals surface area contributed by atoms with Gasteiger partial charge in [-0.05, 0) is 84.5 Å². The van der Waals surface area contributed by atoms with Crippen LogP contribution in [0.15, 0.2) is 11.6 Å². The maximum atomic E-state index is 14.4. The van der Waals surface area contributed by atoms with Crippen molar-refractivity contribution in [1.82, 2.24) is 0 Å². The molecule has 0 saturated heterocycles. The number of ether oxygens (including phenoxy) is 1. The molecule has 4 rings (SSSR count). The minimum atomic E-state index is -0.647. The van der Waals surface area contributed by atoms with E-state index in [2.05, 4.69) is 62.3 Å². The zero-order valence-corrected chi connectivity index (χ0v) is 25.0. The Balaban J connectivity index is 1.92. The number of fused-ring (bicyclic) bond motifs is 5. The SMILES string of the molecule is CC[C@]1(C(=O)OC)CC[C@]2(C)C(C(=O)C=C3[C@@]4(C)CC(N)C(=O)C(C)(C)[C@@H]4CC[C@]32C)C1CC(C)(C)C. The Labute approximate surface area is 224 Å². The Bertz CT molecular complexity index is 1040. The Kier molecular flexibility index (Phi) is 6.55. The smallest absolute Gasteiger partial charge is 0.312 e. The Hall–Kier alpha value is -1.49. The molecule has 0 aromatic carbocycles. The zero-order valence-electron chi connectivity index (χ0n) is 25.0. The minimum Gasteiger partial charge on any atom is -0.469 e. The molecule has 4 aliphatic carbocycles. The van der Waals surface area contributed by atoms with Gasteiger partial charge in [-0.1, -0.05) is 67.9 Å². The molecule has 208 valence electrons. The summed E-state index contributed by atoms with van der Waals surface area (Å²) in [5.74, 6) is 0.00444. The molecule has 0 amide bonds. The molecular weight excluding hydrogens is 462 g/mol. The van der Waals surface area contributed by atoms with Crippen molar-refractivity contribution in [3.63, 3.8) is 0 Å². The van der Waals surface area contributed by atoms with Crippen molar-refractivity contribution in [1.29, 1.82) is 0 Å². The maximum Gasteiger partial charge on any atom is 0.312 e. The average Bonchev–Trinajstić information content (AvgIpc) is 2.78. The van der Waals surface area contributed by atoms with Crippen molar-refractivity contribution in [2.24, 2.45) is 56.0 Å². The van der Waals surface area contributed by atoms with E-state index in [1.165, 1.54) is 12.7 Å². The summed E-state index contributed by atoms with van der Waals surface area (Å²) in [7, 11) is 1.49. The largest absolute Gasteiger partial charge is 0.469 e. The van der Waals surface area contributed by atoms with E-state index in [1.54, 1.807) is 0 Å². The van der Waals surface area contributed by atoms with E-state index in [4.69, 9.17) is 10.5 Å². The molecule has 0 spiro atoms. The second kappa shape index (κ2) is 8.50. The van der Waals surface area contributed by atoms with Crippen LogP contribution in [-0.2, 0) is 19.1 Å². The number of ketones is 2. The van der Waals surface area contributed by atoms with Gasteiger partial charge in [-0.15, -0.1) is 0 Å². The lowest BCUT2D eigenvalue weighted by Crippen LogP contribution is -2.67. The Morgan fingerprint density at radius 3 is 2.24 bits per heavy atom. The second-order valence-electron chi connectivity index (χ2n) is 15.5. The third kappa shape index (κ3) is 3.68. The predicted molar refractivity (Wildman–Crippen MR) is 147 cm³/mol. The number of hydrogen-bond donors (Lipinski definition) is 1. The van der Waals surface area contributed by atoms with Gasteiger partial charge in [0.25, 0.3) is 0 Å². The lowest BCUT2D eigenvalue weighted by atomic mass is 9.34. The molecule has 5 nitrogen and oxygen atoms in total. The van der Waals surface area contributed by atoms with E-state index in [0.29, 0.717) is 12.8 Å². The summed E-state index contributed by atoms with van der Waals surface area (Å²) in [5, 5.41) is 0. The average molecular weight is 514 g/mol. The van der Waals surface area contributed by atoms with Crippen molar-refractivity contribution < 1.29 is 19.1 Å². The van der Waals surface area contributed by atoms with Crippen LogP contribution in [0.3, 0.4) is 0 Å². The number of nitrogens with two attached hydrogens (primary N) is 1. The van der Waals surface area contributed by atoms with E-state index in [0.717, 1.165) is 32.1 Å². The standard InChI is InChI=1S/C32H51NO4/c1-11-32(26(36)37-10)15-14-31(9)24(19(32)17-27(2,3)4)21(34)16-23-29(7)18-20(33)25(35)28(5,6)22(29)12-13-30(23,31)8/h16,19-20,22,24H,11-15,17-18,33H2,1-10H3/t19?,20?,22-,24?,29-,30+,31+,32-/m0/s1. The number of rotatable bonds is 3. The van der Waals surface area contributed by atoms with Crippen LogP contribution in [0.2, 0.25) is 0 Å². The van der Waals surface area contributed by atoms with Gasteiger partial charge in [-0.3, -0.25) is 14.4 Å². The fraction of sp³-hybridized carbons (Fsp3) is 0.844. The first-order chi connectivity index (χ1) is 16.9. The minimum absolute atomic E-state index is 0.0350. The van der Waals surface area contributed by atoms with Crippen LogP contribution in [0.1, 0.15) is 107 Å². The van der Waals surface area contributed by atoms with Gasteiger partial charge >= 0.3 is 5.97 Å². The van der Waals surface area contributed by atoms with Gasteiger partial charge in [-0.2, -0.15) is 0 Å². The molecular formula is C32H51NO4. The van der Waals surface area contributed by atoms with Crippen molar-refractivity contribution in [3.8, 4) is 0 Å². The van der Waals surface area contributed by atoms with E-state index >= 15 is 0 Å². The Morgan fingerprint density at radius 2 is 1.70 bits per heavy atom. The number of allylic oxidation sites excluding steroid dienone is 2. The Morgan fingerprint density at radius 1 is 1.08 bits per heavy atom. The van der Waals surface area contributed by atoms with Crippen LogP contribution in [0.25, 0.3) is 0 Å². The number of carbonyl (C=O) groups is 3. The first kappa shape index (κ1) is 28.5. The third-order valence-corrected chi connectivity index (χ3v) is 12.2. The molecule has 0 aromatic heterocycles. The topological polar surface area (TPSA) is 86.5 Å². The van der Waals surface area contributed by atoms with E-state index in [9.17, 15) is 14.4 Å². The molecule has 3 saturated carbocycles. The molecule has 0 aliphatic heterocycles. The number of esters is 1. The number of methoxy groups -OCH3 is 1. The van der Waals surface area contributed by atoms with Crippen molar-refractivity contribution >= 4 is 17.5 Å². The molecule has 3 fully saturated rings. The summed E-state index contributed by atoms with van der Waals surface area (Å²) in [4.78, 5) is 41.0. The normalized spacial score (nSPS) is 45.3. The molecule has 0 radical (unpaired) electrons. The van der Waals surface area contributed by atoms with E-state index in [1.807, 2.05) is 6.08 Å². The van der Waals surface area contributed by atoms with Gasteiger partial charge in [-0.25, -0.2) is 0 Å². The van der Waals surface area contributed by atoms with Gasteiger partial charge in [0.05, 0.1) is 18.6 Å². The molecule has 4 aliphatic rings. The number of Topliss-reactive ketones (excluding diaryl/α,β-unsaturated/α-hetero) is 1.